The predicted octanol–water partition coefficient (Wildman–Crippen LogP) is 5.33. The largest absolute Gasteiger partial charge is 0.308 e. The second-order valence-corrected chi connectivity index (χ2v) is 7.25. The normalized spacial score (nSPS) is 18.0. The summed E-state index contributed by atoms with van der Waals surface area (Å²) in [5.41, 5.74) is 4.32. The van der Waals surface area contributed by atoms with Gasteiger partial charge in [-0.1, -0.05) is 60.2 Å². The molecule has 1 heteroatoms. The minimum Gasteiger partial charge on any atom is -0.308 e. The third-order valence-electron chi connectivity index (χ3n) is 4.24. The highest BCUT2D eigenvalue weighted by Crippen LogP contribution is 2.33. The molecule has 0 saturated heterocycles. The van der Waals surface area contributed by atoms with Crippen molar-refractivity contribution in [2.24, 2.45) is 0 Å². The van der Waals surface area contributed by atoms with E-state index in [1.54, 1.807) is 0 Å². The predicted molar refractivity (Wildman–Crippen MR) is 96.2 cm³/mol. The van der Waals surface area contributed by atoms with Gasteiger partial charge >= 0.3 is 0 Å². The van der Waals surface area contributed by atoms with Gasteiger partial charge < -0.3 is 5.32 Å². The molecule has 0 amide bonds. The fourth-order valence-corrected chi connectivity index (χ4v) is 3.06. The quantitative estimate of drug-likeness (QED) is 0.806. The van der Waals surface area contributed by atoms with E-state index in [1.807, 2.05) is 0 Å². The number of fused-ring (bicyclic) bond motifs is 1. The van der Waals surface area contributed by atoms with Gasteiger partial charge in [-0.15, -0.1) is 0 Å². The SMILES string of the molecule is CC1=CC(c2ccc3ccccc3c2CNC(C)(C)C)C=C1. The van der Waals surface area contributed by atoms with Gasteiger partial charge in [0.05, 0.1) is 0 Å². The topological polar surface area (TPSA) is 12.0 Å². The zero-order valence-electron chi connectivity index (χ0n) is 14.0. The molecule has 0 aromatic heterocycles. The van der Waals surface area contributed by atoms with Crippen molar-refractivity contribution in [2.45, 2.75) is 45.7 Å². The van der Waals surface area contributed by atoms with Crippen LogP contribution in [0, 0.1) is 0 Å². The molecular weight excluding hydrogens is 266 g/mol. The van der Waals surface area contributed by atoms with Crippen LogP contribution >= 0.6 is 0 Å². The molecule has 3 rings (SSSR count). The molecule has 0 heterocycles. The van der Waals surface area contributed by atoms with E-state index in [-0.39, 0.29) is 5.54 Å². The summed E-state index contributed by atoms with van der Waals surface area (Å²) in [4.78, 5) is 0. The fraction of sp³-hybridized carbons (Fsp3) is 0.333. The van der Waals surface area contributed by atoms with Crippen molar-refractivity contribution < 1.29 is 0 Å². The van der Waals surface area contributed by atoms with Gasteiger partial charge in [-0.05, 0) is 49.6 Å². The smallest absolute Gasteiger partial charge is 0.0219 e. The molecule has 0 fully saturated rings. The molecule has 1 nitrogen and oxygen atoms in total. The van der Waals surface area contributed by atoms with E-state index in [9.17, 15) is 0 Å². The molecule has 1 aliphatic carbocycles. The Kier molecular flexibility index (Phi) is 3.92. The zero-order chi connectivity index (χ0) is 15.7. The van der Waals surface area contributed by atoms with Crippen molar-refractivity contribution in [3.05, 3.63) is 71.3 Å². The number of benzene rings is 2. The van der Waals surface area contributed by atoms with Crippen molar-refractivity contribution in [3.8, 4) is 0 Å². The Morgan fingerprint density at radius 1 is 1.05 bits per heavy atom. The molecule has 0 radical (unpaired) electrons. The van der Waals surface area contributed by atoms with E-state index >= 15 is 0 Å². The Labute approximate surface area is 133 Å². The number of hydrogen-bond donors (Lipinski definition) is 1. The second kappa shape index (κ2) is 5.73. The number of nitrogens with one attached hydrogen (secondary N) is 1. The van der Waals surface area contributed by atoms with E-state index in [1.165, 1.54) is 27.5 Å². The fourth-order valence-electron chi connectivity index (χ4n) is 3.06. The summed E-state index contributed by atoms with van der Waals surface area (Å²) in [5.74, 6) is 0.404. The first kappa shape index (κ1) is 15.1. The molecule has 0 bridgehead atoms. The number of allylic oxidation sites excluding steroid dienone is 4. The van der Waals surface area contributed by atoms with E-state index < -0.39 is 0 Å². The van der Waals surface area contributed by atoms with E-state index in [2.05, 4.69) is 87.6 Å². The van der Waals surface area contributed by atoms with Crippen LogP contribution < -0.4 is 5.32 Å². The maximum atomic E-state index is 3.66. The first-order chi connectivity index (χ1) is 10.4. The van der Waals surface area contributed by atoms with Crippen LogP contribution in [0.1, 0.15) is 44.7 Å². The Balaban J connectivity index is 2.09. The lowest BCUT2D eigenvalue weighted by atomic mass is 9.90. The first-order valence-corrected chi connectivity index (χ1v) is 8.06. The van der Waals surface area contributed by atoms with E-state index in [0.717, 1.165) is 6.54 Å². The minimum absolute atomic E-state index is 0.117. The maximum absolute atomic E-state index is 3.66. The summed E-state index contributed by atoms with van der Waals surface area (Å²) in [6.45, 7) is 9.73. The lowest BCUT2D eigenvalue weighted by molar-refractivity contribution is 0.424. The van der Waals surface area contributed by atoms with Crippen molar-refractivity contribution in [1.82, 2.24) is 5.32 Å². The summed E-state index contributed by atoms with van der Waals surface area (Å²) in [6, 6.07) is 13.2. The summed E-state index contributed by atoms with van der Waals surface area (Å²) >= 11 is 0. The molecule has 1 unspecified atom stereocenters. The Hall–Kier alpha value is -1.86. The molecule has 2 aromatic rings. The van der Waals surface area contributed by atoms with Crippen molar-refractivity contribution in [1.29, 1.82) is 0 Å². The molecule has 2 aromatic carbocycles. The summed E-state index contributed by atoms with van der Waals surface area (Å²) < 4.78 is 0. The van der Waals surface area contributed by atoms with Crippen LogP contribution in [0.15, 0.2) is 60.2 Å². The maximum Gasteiger partial charge on any atom is 0.0219 e. The molecule has 0 spiro atoms. The highest BCUT2D eigenvalue weighted by atomic mass is 14.9. The van der Waals surface area contributed by atoms with Crippen LogP contribution in [0.25, 0.3) is 10.8 Å². The Morgan fingerprint density at radius 2 is 1.82 bits per heavy atom. The highest BCUT2D eigenvalue weighted by molar-refractivity contribution is 5.87. The van der Waals surface area contributed by atoms with Crippen LogP contribution in [0.5, 0.6) is 0 Å². The minimum atomic E-state index is 0.117. The van der Waals surface area contributed by atoms with Gasteiger partial charge in [0.1, 0.15) is 0 Å². The number of rotatable bonds is 3. The monoisotopic (exact) mass is 291 g/mol. The lowest BCUT2D eigenvalue weighted by Gasteiger charge is -2.23. The van der Waals surface area contributed by atoms with Crippen molar-refractivity contribution in [3.63, 3.8) is 0 Å². The third kappa shape index (κ3) is 3.15. The van der Waals surface area contributed by atoms with Crippen LogP contribution in [0.4, 0.5) is 0 Å². The summed E-state index contributed by atoms with van der Waals surface area (Å²) in [5, 5.41) is 6.34. The van der Waals surface area contributed by atoms with Gasteiger partial charge in [0.15, 0.2) is 0 Å². The molecule has 114 valence electrons. The van der Waals surface area contributed by atoms with Crippen LogP contribution in [-0.4, -0.2) is 5.54 Å². The van der Waals surface area contributed by atoms with Crippen LogP contribution in [0.3, 0.4) is 0 Å². The van der Waals surface area contributed by atoms with E-state index in [0.29, 0.717) is 5.92 Å². The third-order valence-corrected chi connectivity index (χ3v) is 4.24. The van der Waals surface area contributed by atoms with Gasteiger partial charge in [-0.3, -0.25) is 0 Å². The van der Waals surface area contributed by atoms with Gasteiger partial charge in [0, 0.05) is 18.0 Å². The molecule has 1 atom stereocenters. The van der Waals surface area contributed by atoms with E-state index in [4.69, 9.17) is 0 Å². The van der Waals surface area contributed by atoms with Crippen LogP contribution in [-0.2, 0) is 6.54 Å². The van der Waals surface area contributed by atoms with Gasteiger partial charge in [0.25, 0.3) is 0 Å². The van der Waals surface area contributed by atoms with Crippen molar-refractivity contribution >= 4 is 10.8 Å². The molecule has 1 aliphatic rings. The average Bonchev–Trinajstić information content (AvgIpc) is 2.90. The van der Waals surface area contributed by atoms with Gasteiger partial charge in [-0.25, -0.2) is 0 Å². The van der Waals surface area contributed by atoms with Gasteiger partial charge in [0.2, 0.25) is 0 Å². The molecule has 1 N–H and O–H groups in total. The lowest BCUT2D eigenvalue weighted by Crippen LogP contribution is -2.35. The molecular formula is C21H25N. The van der Waals surface area contributed by atoms with Gasteiger partial charge in [-0.2, -0.15) is 0 Å². The van der Waals surface area contributed by atoms with Crippen molar-refractivity contribution in [2.75, 3.05) is 0 Å². The Morgan fingerprint density at radius 3 is 2.50 bits per heavy atom. The highest BCUT2D eigenvalue weighted by Gasteiger charge is 2.18. The average molecular weight is 291 g/mol. The summed E-state index contributed by atoms with van der Waals surface area (Å²) in [7, 11) is 0. The standard InChI is InChI=1S/C21H25N/c1-15-9-10-17(13-15)19-12-11-16-7-5-6-8-18(16)20(19)14-22-21(2,3)4/h5-13,17,22H,14H2,1-4H3. The first-order valence-electron chi connectivity index (χ1n) is 8.06. The number of hydrogen-bond acceptors (Lipinski definition) is 1. The van der Waals surface area contributed by atoms with Crippen LogP contribution in [0.2, 0.25) is 0 Å². The summed E-state index contributed by atoms with van der Waals surface area (Å²) in [6.07, 6.45) is 6.88. The Bertz CT molecular complexity index is 744. The zero-order valence-corrected chi connectivity index (χ0v) is 14.0. The second-order valence-electron chi connectivity index (χ2n) is 7.25. The molecule has 0 aliphatic heterocycles. The molecule has 22 heavy (non-hydrogen) atoms. The molecule has 0 saturated carbocycles.